The van der Waals surface area contributed by atoms with Gasteiger partial charge in [-0.05, 0) is 37.1 Å². The third kappa shape index (κ3) is 4.88. The highest BCUT2D eigenvalue weighted by molar-refractivity contribution is 5.91. The van der Waals surface area contributed by atoms with E-state index in [4.69, 9.17) is 0 Å². The predicted octanol–water partition coefficient (Wildman–Crippen LogP) is 3.34. The molecule has 0 fully saturated rings. The summed E-state index contributed by atoms with van der Waals surface area (Å²) in [6.45, 7) is 8.28. The monoisotopic (exact) mass is 248 g/mol. The number of nitrogens with one attached hydrogen (secondary N) is 2. The van der Waals surface area contributed by atoms with Gasteiger partial charge in [0.15, 0.2) is 0 Å². The maximum atomic E-state index is 11.8. The van der Waals surface area contributed by atoms with Gasteiger partial charge in [-0.2, -0.15) is 0 Å². The molecule has 0 aliphatic heterocycles. The van der Waals surface area contributed by atoms with Crippen LogP contribution < -0.4 is 10.6 Å². The largest absolute Gasteiger partial charge is 0.326 e. The van der Waals surface area contributed by atoms with Crippen LogP contribution in [-0.2, 0) is 4.79 Å². The molecule has 1 amide bonds. The molecule has 1 aromatic carbocycles. The molecule has 2 N–H and O–H groups in total. The fraction of sp³-hybridized carbons (Fsp3) is 0.533. The van der Waals surface area contributed by atoms with Crippen molar-refractivity contribution in [2.24, 2.45) is 5.41 Å². The molecule has 0 aromatic heterocycles. The third-order valence-corrected chi connectivity index (χ3v) is 2.82. The number of carbonyl (C=O) groups excluding carboxylic acids is 1. The summed E-state index contributed by atoms with van der Waals surface area (Å²) in [4.78, 5) is 11.8. The SMILES string of the molecule is CNC(C)c1ccc(NC(=O)CC(C)(C)C)cc1. The number of hydrogen-bond acceptors (Lipinski definition) is 2. The molecule has 0 saturated carbocycles. The van der Waals surface area contributed by atoms with Gasteiger partial charge in [-0.1, -0.05) is 32.9 Å². The molecule has 3 heteroatoms. The molecule has 3 nitrogen and oxygen atoms in total. The van der Waals surface area contributed by atoms with E-state index in [1.54, 1.807) is 0 Å². The van der Waals surface area contributed by atoms with E-state index in [9.17, 15) is 4.79 Å². The van der Waals surface area contributed by atoms with Crippen molar-refractivity contribution in [3.05, 3.63) is 29.8 Å². The lowest BCUT2D eigenvalue weighted by atomic mass is 9.92. The summed E-state index contributed by atoms with van der Waals surface area (Å²) >= 11 is 0. The molecule has 0 heterocycles. The van der Waals surface area contributed by atoms with Crippen molar-refractivity contribution in [1.29, 1.82) is 0 Å². The Hall–Kier alpha value is -1.35. The Kier molecular flexibility index (Phi) is 4.91. The Morgan fingerprint density at radius 1 is 1.22 bits per heavy atom. The fourth-order valence-corrected chi connectivity index (χ4v) is 1.71. The van der Waals surface area contributed by atoms with Gasteiger partial charge >= 0.3 is 0 Å². The molecule has 0 saturated heterocycles. The molecule has 1 atom stereocenters. The lowest BCUT2D eigenvalue weighted by Crippen LogP contribution is -2.19. The quantitative estimate of drug-likeness (QED) is 0.858. The number of benzene rings is 1. The first kappa shape index (κ1) is 14.7. The molecule has 18 heavy (non-hydrogen) atoms. The van der Waals surface area contributed by atoms with Crippen molar-refractivity contribution in [3.63, 3.8) is 0 Å². The van der Waals surface area contributed by atoms with Crippen LogP contribution in [0.5, 0.6) is 0 Å². The van der Waals surface area contributed by atoms with Gasteiger partial charge in [0.05, 0.1) is 0 Å². The van der Waals surface area contributed by atoms with Crippen LogP contribution in [0.3, 0.4) is 0 Å². The van der Waals surface area contributed by atoms with Gasteiger partial charge in [0, 0.05) is 18.2 Å². The summed E-state index contributed by atoms with van der Waals surface area (Å²) in [5.74, 6) is 0.0666. The zero-order chi connectivity index (χ0) is 13.8. The molecule has 0 bridgehead atoms. The average Bonchev–Trinajstić information content (AvgIpc) is 2.26. The van der Waals surface area contributed by atoms with Gasteiger partial charge in [0.2, 0.25) is 5.91 Å². The van der Waals surface area contributed by atoms with E-state index in [0.29, 0.717) is 12.5 Å². The first-order chi connectivity index (χ1) is 8.31. The van der Waals surface area contributed by atoms with E-state index in [1.165, 1.54) is 5.56 Å². The Balaban J connectivity index is 2.61. The molecule has 1 aromatic rings. The van der Waals surface area contributed by atoms with Gasteiger partial charge < -0.3 is 10.6 Å². The van der Waals surface area contributed by atoms with E-state index in [1.807, 2.05) is 31.3 Å². The van der Waals surface area contributed by atoms with E-state index < -0.39 is 0 Å². The Labute approximate surface area is 110 Å². The fourth-order valence-electron chi connectivity index (χ4n) is 1.71. The van der Waals surface area contributed by atoms with Gasteiger partial charge in [0.25, 0.3) is 0 Å². The highest BCUT2D eigenvalue weighted by Gasteiger charge is 2.15. The second-order valence-electron chi connectivity index (χ2n) is 5.92. The standard InChI is InChI=1S/C15H24N2O/c1-11(16-5)12-6-8-13(9-7-12)17-14(18)10-15(2,3)4/h6-9,11,16H,10H2,1-5H3,(H,17,18). The lowest BCUT2D eigenvalue weighted by Gasteiger charge is -2.17. The normalized spacial score (nSPS) is 13.2. The molecule has 0 radical (unpaired) electrons. The highest BCUT2D eigenvalue weighted by Crippen LogP contribution is 2.20. The summed E-state index contributed by atoms with van der Waals surface area (Å²) in [6.07, 6.45) is 0.529. The van der Waals surface area contributed by atoms with E-state index in [2.05, 4.69) is 38.3 Å². The Morgan fingerprint density at radius 2 is 1.78 bits per heavy atom. The van der Waals surface area contributed by atoms with Crippen LogP contribution in [0.2, 0.25) is 0 Å². The van der Waals surface area contributed by atoms with Crippen molar-refractivity contribution in [1.82, 2.24) is 5.32 Å². The number of amides is 1. The van der Waals surface area contributed by atoms with Gasteiger partial charge in [-0.25, -0.2) is 0 Å². The number of rotatable bonds is 4. The molecular formula is C15H24N2O. The summed E-state index contributed by atoms with van der Waals surface area (Å²) in [6, 6.07) is 8.29. The predicted molar refractivity (Wildman–Crippen MR) is 76.6 cm³/mol. The minimum Gasteiger partial charge on any atom is -0.326 e. The van der Waals surface area contributed by atoms with Crippen molar-refractivity contribution in [2.45, 2.75) is 40.2 Å². The average molecular weight is 248 g/mol. The van der Waals surface area contributed by atoms with E-state index in [0.717, 1.165) is 5.69 Å². The van der Waals surface area contributed by atoms with Crippen LogP contribution in [0.4, 0.5) is 5.69 Å². The first-order valence-electron chi connectivity index (χ1n) is 6.39. The van der Waals surface area contributed by atoms with Crippen molar-refractivity contribution in [3.8, 4) is 0 Å². The highest BCUT2D eigenvalue weighted by atomic mass is 16.1. The second kappa shape index (κ2) is 6.01. The van der Waals surface area contributed by atoms with Crippen LogP contribution in [0, 0.1) is 5.41 Å². The summed E-state index contributed by atoms with van der Waals surface area (Å²) in [5, 5.41) is 6.11. The summed E-state index contributed by atoms with van der Waals surface area (Å²) in [5.41, 5.74) is 2.09. The van der Waals surface area contributed by atoms with Crippen molar-refractivity contribution in [2.75, 3.05) is 12.4 Å². The molecule has 0 aliphatic rings. The minimum absolute atomic E-state index is 0.0185. The van der Waals surface area contributed by atoms with Crippen LogP contribution in [-0.4, -0.2) is 13.0 Å². The van der Waals surface area contributed by atoms with E-state index in [-0.39, 0.29) is 11.3 Å². The van der Waals surface area contributed by atoms with Gasteiger partial charge in [0.1, 0.15) is 0 Å². The molecule has 0 aliphatic carbocycles. The topological polar surface area (TPSA) is 41.1 Å². The van der Waals surface area contributed by atoms with Gasteiger partial charge in [-0.3, -0.25) is 4.79 Å². The van der Waals surface area contributed by atoms with Crippen LogP contribution in [0.25, 0.3) is 0 Å². The molecule has 0 spiro atoms. The third-order valence-electron chi connectivity index (χ3n) is 2.82. The Morgan fingerprint density at radius 3 is 2.22 bits per heavy atom. The maximum absolute atomic E-state index is 11.8. The molecular weight excluding hydrogens is 224 g/mol. The van der Waals surface area contributed by atoms with Crippen LogP contribution in [0.1, 0.15) is 45.7 Å². The van der Waals surface area contributed by atoms with Crippen molar-refractivity contribution >= 4 is 11.6 Å². The molecule has 100 valence electrons. The molecule has 1 unspecified atom stereocenters. The number of hydrogen-bond donors (Lipinski definition) is 2. The first-order valence-corrected chi connectivity index (χ1v) is 6.39. The lowest BCUT2D eigenvalue weighted by molar-refractivity contribution is -0.117. The Bertz CT molecular complexity index is 390. The zero-order valence-corrected chi connectivity index (χ0v) is 12.0. The van der Waals surface area contributed by atoms with Gasteiger partial charge in [-0.15, -0.1) is 0 Å². The summed E-state index contributed by atoms with van der Waals surface area (Å²) in [7, 11) is 1.93. The van der Waals surface area contributed by atoms with Crippen molar-refractivity contribution < 1.29 is 4.79 Å². The zero-order valence-electron chi connectivity index (χ0n) is 12.0. The van der Waals surface area contributed by atoms with Crippen LogP contribution >= 0.6 is 0 Å². The molecule has 1 rings (SSSR count). The maximum Gasteiger partial charge on any atom is 0.224 e. The van der Waals surface area contributed by atoms with Crippen LogP contribution in [0.15, 0.2) is 24.3 Å². The number of carbonyl (C=O) groups is 1. The summed E-state index contributed by atoms with van der Waals surface area (Å²) < 4.78 is 0. The number of anilines is 1. The minimum atomic E-state index is 0.0185. The smallest absolute Gasteiger partial charge is 0.224 e. The van der Waals surface area contributed by atoms with E-state index >= 15 is 0 Å². The second-order valence-corrected chi connectivity index (χ2v) is 5.92.